The Kier molecular flexibility index (Phi) is 21.4. The molecule has 100 heavy (non-hydrogen) atoms. The second-order valence-electron chi connectivity index (χ2n) is 23.1. The zero-order valence-electron chi connectivity index (χ0n) is 53.9. The monoisotopic (exact) mass is 1380 g/mol. The lowest BCUT2D eigenvalue weighted by atomic mass is 10.1. The predicted octanol–water partition coefficient (Wildman–Crippen LogP) is 10.6. The van der Waals surface area contributed by atoms with E-state index in [-0.39, 0.29) is 87.2 Å². The van der Waals surface area contributed by atoms with Crippen molar-refractivity contribution in [3.8, 4) is 74.0 Å². The van der Waals surface area contributed by atoms with Crippen LogP contribution in [0.15, 0.2) is 184 Å². The molecule has 0 bridgehead atoms. The van der Waals surface area contributed by atoms with Gasteiger partial charge in [0.15, 0.2) is 0 Å². The van der Waals surface area contributed by atoms with Crippen LogP contribution in [0.5, 0.6) is 40.2 Å². The Morgan fingerprint density at radius 1 is 0.460 bits per heavy atom. The molecule has 12 N–H and O–H groups in total. The number of ether oxygens (including phenoxy) is 4. The largest absolute Gasteiger partial charge is 0.497 e. The van der Waals surface area contributed by atoms with E-state index in [1.165, 1.54) is 47.2 Å². The number of nitrogen functional groups attached to an aromatic ring is 3. The number of rotatable bonds is 19. The summed E-state index contributed by atoms with van der Waals surface area (Å²) >= 11 is 5.90. The van der Waals surface area contributed by atoms with Crippen molar-refractivity contribution in [1.29, 1.82) is 0 Å². The molecule has 25 nitrogen and oxygen atoms in total. The Morgan fingerprint density at radius 3 is 1.07 bits per heavy atom. The molecule has 6 aromatic carbocycles. The van der Waals surface area contributed by atoms with Crippen LogP contribution < -0.4 is 53.3 Å². The van der Waals surface area contributed by atoms with E-state index in [0.717, 1.165) is 12.1 Å². The molecule has 0 unspecified atom stereocenters. The topological polar surface area (TPSA) is 359 Å². The van der Waals surface area contributed by atoms with E-state index in [2.05, 4.69) is 35.0 Å². The van der Waals surface area contributed by atoms with E-state index < -0.39 is 29.5 Å². The molecule has 12 rings (SSSR count). The second-order valence-corrected chi connectivity index (χ2v) is 23.5. The Labute approximate surface area is 576 Å². The lowest BCUT2D eigenvalue weighted by molar-refractivity contribution is -0.137. The Bertz CT molecular complexity index is 4580. The van der Waals surface area contributed by atoms with Gasteiger partial charge in [-0.05, 0) is 165 Å². The maximum absolute atomic E-state index is 12.9. The van der Waals surface area contributed by atoms with Crippen molar-refractivity contribution in [2.24, 2.45) is 17.2 Å². The number of anilines is 3. The smallest absolute Gasteiger partial charge is 0.416 e. The van der Waals surface area contributed by atoms with Crippen molar-refractivity contribution in [3.05, 3.63) is 211 Å². The van der Waals surface area contributed by atoms with Crippen LogP contribution in [0.2, 0.25) is 5.02 Å². The first kappa shape index (κ1) is 70.5. The van der Waals surface area contributed by atoms with Gasteiger partial charge in [0.05, 0.1) is 30.8 Å². The van der Waals surface area contributed by atoms with E-state index in [0.29, 0.717) is 120 Å². The molecule has 6 amide bonds. The summed E-state index contributed by atoms with van der Waals surface area (Å²) in [5, 5.41) is 14.3. The fourth-order valence-electron chi connectivity index (χ4n) is 11.7. The molecule has 3 aliphatic heterocycles. The molecule has 3 aliphatic rings. The summed E-state index contributed by atoms with van der Waals surface area (Å²) in [6.07, 6.45) is 1.23. The number of aromatic nitrogens is 6. The maximum Gasteiger partial charge on any atom is 0.416 e. The zero-order chi connectivity index (χ0) is 71.7. The van der Waals surface area contributed by atoms with Crippen LogP contribution >= 0.6 is 11.6 Å². The number of carbonyl (C=O) groups excluding carboxylic acids is 6. The fraction of sp³-hybridized carbons (Fsp3) is 0.197. The standard InChI is InChI=1S/C24H22F3N5O3.C24H25N5O4.C23H22ClN5O3/c1-2-19(33)31-11-10-16(13-31)32-22(28)20(23(29)34)21(30-32)14-6-8-17(9-7-14)35-18-5-3-4-15(12-18)24(25,26)27;1-3-20(30)28-12-11-16(14-28)29-23(25)21(24(26)31)22(27-29)15-7-9-17(10-8-15)33-19-6-4-5-18(13-19)32-2;1-2-19(30)28-12-11-16(13-28)29-22(25)20(23(26)31)21(27-29)14-3-7-17(8-4-14)32-18-9-5-15(24)6-10-18/h2-9,12,16H,1,10-11,13,28H2,(H2,29,34);3-10,13,16H,1,11-12,14,25H2,2H3,(H2,26,31);2-10,16H,1,11-13,25H2,(H2,26,31)/t3*16-/m111/s1. The highest BCUT2D eigenvalue weighted by atomic mass is 35.5. The van der Waals surface area contributed by atoms with Gasteiger partial charge in [-0.25, -0.2) is 14.0 Å². The first-order valence-electron chi connectivity index (χ1n) is 31.1. The predicted molar refractivity (Wildman–Crippen MR) is 369 cm³/mol. The number of amides is 6. The quantitative estimate of drug-likeness (QED) is 0.0410. The van der Waals surface area contributed by atoms with Crippen molar-refractivity contribution < 1.29 is 60.9 Å². The van der Waals surface area contributed by atoms with Crippen LogP contribution in [0.4, 0.5) is 30.6 Å². The number of nitrogens with two attached hydrogens (primary N) is 6. The molecule has 3 aromatic heterocycles. The molecule has 0 radical (unpaired) electrons. The highest BCUT2D eigenvalue weighted by molar-refractivity contribution is 6.30. The van der Waals surface area contributed by atoms with Crippen molar-refractivity contribution >= 4 is 64.5 Å². The first-order valence-corrected chi connectivity index (χ1v) is 31.4. The third-order valence-electron chi connectivity index (χ3n) is 16.7. The number of primary amides is 3. The second kappa shape index (κ2) is 30.4. The number of likely N-dealkylation sites (tertiary alicyclic amines) is 3. The summed E-state index contributed by atoms with van der Waals surface area (Å²) in [6.45, 7) is 13.4. The van der Waals surface area contributed by atoms with Gasteiger partial charge >= 0.3 is 6.18 Å². The van der Waals surface area contributed by atoms with Crippen molar-refractivity contribution in [2.75, 3.05) is 63.6 Å². The number of benzene rings is 6. The van der Waals surface area contributed by atoms with Gasteiger partial charge in [0.25, 0.3) is 17.7 Å². The minimum absolute atomic E-state index is 0.0266. The number of nitrogens with zero attached hydrogens (tertiary/aromatic N) is 9. The molecule has 3 fully saturated rings. The zero-order valence-corrected chi connectivity index (χ0v) is 54.6. The molecule has 0 spiro atoms. The average molecular weight is 1380 g/mol. The molecule has 3 saturated heterocycles. The van der Waals surface area contributed by atoms with Crippen LogP contribution in [0, 0.1) is 0 Å². The molecule has 0 aliphatic carbocycles. The minimum Gasteiger partial charge on any atom is -0.497 e. The summed E-state index contributed by atoms with van der Waals surface area (Å²) in [7, 11) is 1.59. The Balaban J connectivity index is 0.000000162. The van der Waals surface area contributed by atoms with E-state index >= 15 is 0 Å². The Morgan fingerprint density at radius 2 is 0.760 bits per heavy atom. The highest BCUT2D eigenvalue weighted by Gasteiger charge is 2.36. The third-order valence-corrected chi connectivity index (χ3v) is 16.9. The summed E-state index contributed by atoms with van der Waals surface area (Å²) in [5.41, 5.74) is 38.0. The van der Waals surface area contributed by atoms with Crippen LogP contribution in [0.25, 0.3) is 33.8 Å². The van der Waals surface area contributed by atoms with E-state index in [9.17, 15) is 41.9 Å². The average Bonchev–Trinajstić information content (AvgIpc) is 1.63. The number of hydrogen-bond acceptors (Lipinski definition) is 16. The first-order chi connectivity index (χ1) is 47.9. The van der Waals surface area contributed by atoms with Crippen LogP contribution in [0.1, 0.15) is 74.0 Å². The molecule has 516 valence electrons. The van der Waals surface area contributed by atoms with E-state index in [1.54, 1.807) is 122 Å². The number of carbonyl (C=O) groups is 6. The van der Waals surface area contributed by atoms with Gasteiger partial charge in [0, 0.05) is 67.0 Å². The molecule has 29 heteroatoms. The summed E-state index contributed by atoms with van der Waals surface area (Å²) < 4.78 is 65.9. The van der Waals surface area contributed by atoms with Gasteiger partial charge in [-0.2, -0.15) is 28.5 Å². The van der Waals surface area contributed by atoms with Gasteiger partial charge in [0.1, 0.15) is 91.5 Å². The van der Waals surface area contributed by atoms with Crippen LogP contribution in [-0.4, -0.2) is 126 Å². The molecule has 9 aromatic rings. The third kappa shape index (κ3) is 15.9. The fourth-order valence-corrected chi connectivity index (χ4v) is 11.8. The Hall–Kier alpha value is -12.3. The minimum atomic E-state index is -4.48. The van der Waals surface area contributed by atoms with Crippen molar-refractivity contribution in [3.63, 3.8) is 0 Å². The van der Waals surface area contributed by atoms with Gasteiger partial charge in [0.2, 0.25) is 17.7 Å². The molecular weight excluding hydrogens is 1320 g/mol. The highest BCUT2D eigenvalue weighted by Crippen LogP contribution is 2.39. The van der Waals surface area contributed by atoms with Crippen molar-refractivity contribution in [2.45, 2.75) is 43.6 Å². The number of halogens is 4. The lowest BCUT2D eigenvalue weighted by Crippen LogP contribution is -2.27. The van der Waals surface area contributed by atoms with Crippen LogP contribution in [0.3, 0.4) is 0 Å². The summed E-state index contributed by atoms with van der Waals surface area (Å²) in [4.78, 5) is 77.3. The van der Waals surface area contributed by atoms with Gasteiger partial charge in [-0.15, -0.1) is 0 Å². The van der Waals surface area contributed by atoms with Crippen LogP contribution in [-0.2, 0) is 20.6 Å². The number of alkyl halides is 3. The van der Waals surface area contributed by atoms with Gasteiger partial charge in [-0.1, -0.05) is 43.5 Å². The summed E-state index contributed by atoms with van der Waals surface area (Å²) in [6, 6.07) is 38.8. The van der Waals surface area contributed by atoms with E-state index in [1.807, 2.05) is 18.2 Å². The molecule has 0 saturated carbocycles. The lowest BCUT2D eigenvalue weighted by Gasteiger charge is -2.15. The number of methoxy groups -OCH3 is 1. The molecule has 6 heterocycles. The van der Waals surface area contributed by atoms with Crippen molar-refractivity contribution in [1.82, 2.24) is 44.0 Å². The molecular formula is C71H69ClF3N15O10. The van der Waals surface area contributed by atoms with Gasteiger partial charge in [-0.3, -0.25) is 28.8 Å². The molecule has 3 atom stereocenters. The summed E-state index contributed by atoms with van der Waals surface area (Å²) in [5.74, 6) is 1.38. The normalized spacial score (nSPS) is 15.5. The van der Waals surface area contributed by atoms with E-state index in [4.69, 9.17) is 65.0 Å². The number of hydrogen-bond donors (Lipinski definition) is 6. The SMILES string of the molecule is C=CC(=O)N1CC[C@@H](n2nc(-c3ccc(Oc4ccc(Cl)cc4)cc3)c(C(N)=O)c2N)C1.C=CC(=O)N1CC[C@@H](n2nc(-c3ccc(Oc4cccc(C(F)(F)F)c4)cc3)c(C(N)=O)c2N)C1.C=CC(=O)N1CC[C@@H](n2nc(-c3ccc(Oc4cccc(OC)c4)cc3)c(C(N)=O)c2N)C1. The van der Waals surface area contributed by atoms with Gasteiger partial charge < -0.3 is 68.0 Å². The maximum atomic E-state index is 12.9.